The Morgan fingerprint density at radius 3 is 2.48 bits per heavy atom. The van der Waals surface area contributed by atoms with E-state index in [2.05, 4.69) is 10.1 Å². The summed E-state index contributed by atoms with van der Waals surface area (Å²) in [7, 11) is 0. The predicted molar refractivity (Wildman–Crippen MR) is 72.5 cm³/mol. The first-order valence-corrected chi connectivity index (χ1v) is 6.78. The molecule has 23 heavy (non-hydrogen) atoms. The van der Waals surface area contributed by atoms with Crippen molar-refractivity contribution in [3.8, 4) is 5.75 Å². The molecule has 1 aromatic carbocycles. The number of ether oxygens (including phenoxy) is 2. The maximum absolute atomic E-state index is 13.9. The Morgan fingerprint density at radius 1 is 1.30 bits per heavy atom. The molecule has 9 heteroatoms. The average molecular weight is 332 g/mol. The van der Waals surface area contributed by atoms with Gasteiger partial charge in [0.1, 0.15) is 17.1 Å². The SMILES string of the molecule is NC(=O)C1(NC(=O)c2ccc(OC(F)F)cc2F)CCOCC1. The molecule has 0 radical (unpaired) electrons. The van der Waals surface area contributed by atoms with E-state index < -0.39 is 41.1 Å². The van der Waals surface area contributed by atoms with E-state index in [1.165, 1.54) is 0 Å². The number of carbonyl (C=O) groups excluding carboxylic acids is 2. The zero-order valence-corrected chi connectivity index (χ0v) is 12.0. The molecule has 0 saturated carbocycles. The molecular weight excluding hydrogens is 317 g/mol. The number of nitrogens with one attached hydrogen (secondary N) is 1. The number of benzene rings is 1. The van der Waals surface area contributed by atoms with Gasteiger partial charge in [0, 0.05) is 32.1 Å². The minimum absolute atomic E-state index is 0.169. The molecule has 0 atom stereocenters. The fourth-order valence-electron chi connectivity index (χ4n) is 2.29. The lowest BCUT2D eigenvalue weighted by Crippen LogP contribution is -2.60. The van der Waals surface area contributed by atoms with Gasteiger partial charge in [0.2, 0.25) is 5.91 Å². The van der Waals surface area contributed by atoms with E-state index in [1.54, 1.807) is 0 Å². The number of primary amides is 1. The molecule has 1 saturated heterocycles. The standard InChI is InChI=1S/C14H15F3N2O4/c15-10-7-8(23-13(16)17)1-2-9(10)11(20)19-14(12(18)21)3-5-22-6-4-14/h1-2,7,13H,3-6H2,(H2,18,21)(H,19,20). The molecular formula is C14H15F3N2O4. The van der Waals surface area contributed by atoms with Gasteiger partial charge in [-0.3, -0.25) is 9.59 Å². The largest absolute Gasteiger partial charge is 0.435 e. The van der Waals surface area contributed by atoms with E-state index in [0.29, 0.717) is 6.07 Å². The van der Waals surface area contributed by atoms with Gasteiger partial charge in [-0.05, 0) is 12.1 Å². The van der Waals surface area contributed by atoms with Crippen LogP contribution in [0.4, 0.5) is 13.2 Å². The van der Waals surface area contributed by atoms with E-state index in [9.17, 15) is 22.8 Å². The van der Waals surface area contributed by atoms with Crippen LogP contribution in [-0.4, -0.2) is 37.2 Å². The molecule has 1 aliphatic heterocycles. The molecule has 0 spiro atoms. The number of amides is 2. The first-order valence-electron chi connectivity index (χ1n) is 6.78. The number of rotatable bonds is 5. The Morgan fingerprint density at radius 2 is 1.96 bits per heavy atom. The second kappa shape index (κ2) is 6.86. The molecule has 6 nitrogen and oxygen atoms in total. The molecule has 126 valence electrons. The summed E-state index contributed by atoms with van der Waals surface area (Å²) in [6.07, 6.45) is 0.338. The number of carbonyl (C=O) groups is 2. The maximum atomic E-state index is 13.9. The summed E-state index contributed by atoms with van der Waals surface area (Å²) >= 11 is 0. The van der Waals surface area contributed by atoms with Crippen LogP contribution in [0, 0.1) is 5.82 Å². The van der Waals surface area contributed by atoms with Crippen molar-refractivity contribution in [1.29, 1.82) is 0 Å². The number of halogens is 3. The van der Waals surface area contributed by atoms with Gasteiger partial charge in [-0.1, -0.05) is 0 Å². The molecule has 1 fully saturated rings. The van der Waals surface area contributed by atoms with Crippen molar-refractivity contribution in [2.45, 2.75) is 25.0 Å². The molecule has 1 aliphatic rings. The molecule has 1 aromatic rings. The van der Waals surface area contributed by atoms with Crippen molar-refractivity contribution < 1.29 is 32.2 Å². The first kappa shape index (κ1) is 17.1. The quantitative estimate of drug-likeness (QED) is 0.847. The molecule has 2 amide bonds. The third-order valence-corrected chi connectivity index (χ3v) is 3.58. The Hall–Kier alpha value is -2.29. The van der Waals surface area contributed by atoms with Crippen molar-refractivity contribution in [2.75, 3.05) is 13.2 Å². The first-order chi connectivity index (χ1) is 10.8. The molecule has 0 aliphatic carbocycles. The normalized spacial score (nSPS) is 16.9. The average Bonchev–Trinajstić information content (AvgIpc) is 2.47. The van der Waals surface area contributed by atoms with Crippen LogP contribution in [0.25, 0.3) is 0 Å². The summed E-state index contributed by atoms with van der Waals surface area (Å²) in [6, 6.07) is 2.70. The van der Waals surface area contributed by atoms with Gasteiger partial charge in [0.15, 0.2) is 0 Å². The van der Waals surface area contributed by atoms with Crippen LogP contribution in [-0.2, 0) is 9.53 Å². The Bertz CT molecular complexity index is 604. The van der Waals surface area contributed by atoms with Crippen molar-refractivity contribution in [2.24, 2.45) is 5.73 Å². The van der Waals surface area contributed by atoms with Crippen LogP contribution < -0.4 is 15.8 Å². The topological polar surface area (TPSA) is 90.7 Å². The summed E-state index contributed by atoms with van der Waals surface area (Å²) in [6.45, 7) is -2.64. The van der Waals surface area contributed by atoms with Crippen molar-refractivity contribution in [1.82, 2.24) is 5.32 Å². The number of hydrogen-bond acceptors (Lipinski definition) is 4. The zero-order valence-electron chi connectivity index (χ0n) is 12.0. The van der Waals surface area contributed by atoms with Gasteiger partial charge in [0.25, 0.3) is 5.91 Å². The van der Waals surface area contributed by atoms with Gasteiger partial charge in [-0.15, -0.1) is 0 Å². The lowest BCUT2D eigenvalue weighted by Gasteiger charge is -2.34. The van der Waals surface area contributed by atoms with Crippen molar-refractivity contribution in [3.63, 3.8) is 0 Å². The third kappa shape index (κ3) is 3.92. The van der Waals surface area contributed by atoms with E-state index in [-0.39, 0.29) is 26.1 Å². The molecule has 0 aromatic heterocycles. The van der Waals surface area contributed by atoms with Crippen LogP contribution in [0.15, 0.2) is 18.2 Å². The maximum Gasteiger partial charge on any atom is 0.387 e. The molecule has 3 N–H and O–H groups in total. The smallest absolute Gasteiger partial charge is 0.387 e. The number of hydrogen-bond donors (Lipinski definition) is 2. The second-order valence-electron chi connectivity index (χ2n) is 5.03. The number of alkyl halides is 2. The van der Waals surface area contributed by atoms with Crippen molar-refractivity contribution >= 4 is 11.8 Å². The third-order valence-electron chi connectivity index (χ3n) is 3.58. The highest BCUT2D eigenvalue weighted by Gasteiger charge is 2.40. The summed E-state index contributed by atoms with van der Waals surface area (Å²) < 4.78 is 47.2. The van der Waals surface area contributed by atoms with Crippen molar-refractivity contribution in [3.05, 3.63) is 29.6 Å². The minimum atomic E-state index is -3.10. The fourth-order valence-corrected chi connectivity index (χ4v) is 2.29. The highest BCUT2D eigenvalue weighted by Crippen LogP contribution is 2.23. The highest BCUT2D eigenvalue weighted by atomic mass is 19.3. The monoisotopic (exact) mass is 332 g/mol. The van der Waals surface area contributed by atoms with Crippen LogP contribution in [0.5, 0.6) is 5.75 Å². The van der Waals surface area contributed by atoms with Gasteiger partial charge in [-0.2, -0.15) is 8.78 Å². The van der Waals surface area contributed by atoms with Crippen LogP contribution in [0.2, 0.25) is 0 Å². The number of nitrogens with two attached hydrogens (primary N) is 1. The molecule has 0 bridgehead atoms. The molecule has 0 unspecified atom stereocenters. The van der Waals surface area contributed by atoms with E-state index in [0.717, 1.165) is 12.1 Å². The van der Waals surface area contributed by atoms with E-state index in [4.69, 9.17) is 10.5 Å². The summed E-state index contributed by atoms with van der Waals surface area (Å²) in [5.41, 5.74) is 3.62. The summed E-state index contributed by atoms with van der Waals surface area (Å²) in [4.78, 5) is 23.8. The van der Waals surface area contributed by atoms with Gasteiger partial charge >= 0.3 is 6.61 Å². The lowest BCUT2D eigenvalue weighted by atomic mass is 9.89. The van der Waals surface area contributed by atoms with Gasteiger partial charge in [-0.25, -0.2) is 4.39 Å². The Labute approximate surface area is 129 Å². The summed E-state index contributed by atoms with van der Waals surface area (Å²) in [5, 5.41) is 2.43. The highest BCUT2D eigenvalue weighted by molar-refractivity contribution is 5.99. The van der Waals surface area contributed by atoms with E-state index in [1.807, 2.05) is 0 Å². The van der Waals surface area contributed by atoms with Gasteiger partial charge < -0.3 is 20.5 Å². The van der Waals surface area contributed by atoms with Crippen LogP contribution >= 0.6 is 0 Å². The second-order valence-corrected chi connectivity index (χ2v) is 5.03. The minimum Gasteiger partial charge on any atom is -0.435 e. The lowest BCUT2D eigenvalue weighted by molar-refractivity contribution is -0.127. The zero-order chi connectivity index (χ0) is 17.0. The Kier molecular flexibility index (Phi) is 5.09. The predicted octanol–water partition coefficient (Wildman–Crippen LogP) is 1.19. The van der Waals surface area contributed by atoms with E-state index >= 15 is 0 Å². The summed E-state index contributed by atoms with van der Waals surface area (Å²) in [5.74, 6) is -3.07. The van der Waals surface area contributed by atoms with Crippen LogP contribution in [0.1, 0.15) is 23.2 Å². The fraction of sp³-hybridized carbons (Fsp3) is 0.429. The van der Waals surface area contributed by atoms with Gasteiger partial charge in [0.05, 0.1) is 5.56 Å². The Balaban J connectivity index is 2.18. The van der Waals surface area contributed by atoms with Crippen LogP contribution in [0.3, 0.4) is 0 Å². The molecule has 1 heterocycles. The molecule has 2 rings (SSSR count).